The van der Waals surface area contributed by atoms with Gasteiger partial charge in [-0.3, -0.25) is 4.79 Å². The molecule has 0 atom stereocenters. The molecule has 0 saturated carbocycles. The Morgan fingerprint density at radius 2 is 1.90 bits per heavy atom. The molecule has 0 unspecified atom stereocenters. The van der Waals surface area contributed by atoms with Gasteiger partial charge in [0, 0.05) is 12.1 Å². The Morgan fingerprint density at radius 1 is 1.03 bits per heavy atom. The lowest BCUT2D eigenvalue weighted by Crippen LogP contribution is -2.23. The summed E-state index contributed by atoms with van der Waals surface area (Å²) in [6.45, 7) is 2.24. The van der Waals surface area contributed by atoms with Gasteiger partial charge in [0.1, 0.15) is 12.1 Å². The second-order valence-corrected chi connectivity index (χ2v) is 6.71. The molecule has 29 heavy (non-hydrogen) atoms. The average molecular weight is 387 g/mol. The number of hydrogen-bond donors (Lipinski definition) is 1. The molecule has 0 bridgehead atoms. The van der Waals surface area contributed by atoms with Crippen LogP contribution in [-0.2, 0) is 6.54 Å². The summed E-state index contributed by atoms with van der Waals surface area (Å²) < 4.78 is 14.9. The zero-order valence-corrected chi connectivity index (χ0v) is 15.7. The molecule has 0 fully saturated rings. The Morgan fingerprint density at radius 3 is 2.66 bits per heavy atom. The van der Waals surface area contributed by atoms with Gasteiger partial charge in [-0.25, -0.2) is 9.07 Å². The monoisotopic (exact) mass is 387 g/mol. The van der Waals surface area contributed by atoms with Crippen LogP contribution < -0.4 is 5.32 Å². The number of aryl methyl sites for hydroxylation is 1. The predicted octanol–water partition coefficient (Wildman–Crippen LogP) is 3.71. The first-order valence-electron chi connectivity index (χ1n) is 9.07. The molecule has 4 rings (SSSR count). The minimum absolute atomic E-state index is 0.228. The SMILES string of the molecule is Cc1cccc(-c2cc(C(=O)NCc3cccc(F)c3)cc(-n3cnnn3)c2)c1. The molecule has 0 aliphatic rings. The van der Waals surface area contributed by atoms with Gasteiger partial charge in [-0.1, -0.05) is 42.0 Å². The fourth-order valence-electron chi connectivity index (χ4n) is 3.08. The second-order valence-electron chi connectivity index (χ2n) is 6.71. The first-order valence-corrected chi connectivity index (χ1v) is 9.07. The van der Waals surface area contributed by atoms with Crippen molar-refractivity contribution >= 4 is 5.91 Å². The third kappa shape index (κ3) is 4.35. The van der Waals surface area contributed by atoms with Crippen LogP contribution in [0.25, 0.3) is 16.8 Å². The molecule has 0 spiro atoms. The van der Waals surface area contributed by atoms with Crippen LogP contribution in [-0.4, -0.2) is 26.1 Å². The van der Waals surface area contributed by atoms with Crippen molar-refractivity contribution in [3.8, 4) is 16.8 Å². The Hall–Kier alpha value is -3.87. The average Bonchev–Trinajstić information content (AvgIpc) is 3.27. The van der Waals surface area contributed by atoms with Gasteiger partial charge in [0.15, 0.2) is 0 Å². The van der Waals surface area contributed by atoms with Gasteiger partial charge in [0.05, 0.1) is 5.69 Å². The Balaban J connectivity index is 1.67. The molecule has 1 aromatic heterocycles. The maximum atomic E-state index is 13.4. The van der Waals surface area contributed by atoms with Gasteiger partial charge >= 0.3 is 0 Å². The van der Waals surface area contributed by atoms with Crippen LogP contribution in [0.2, 0.25) is 0 Å². The van der Waals surface area contributed by atoms with Gasteiger partial charge in [-0.2, -0.15) is 0 Å². The fraction of sp³-hybridized carbons (Fsp3) is 0.0909. The summed E-state index contributed by atoms with van der Waals surface area (Å²) in [5.41, 5.74) is 4.80. The van der Waals surface area contributed by atoms with Crippen LogP contribution in [0, 0.1) is 12.7 Å². The molecule has 0 saturated heterocycles. The molecule has 1 N–H and O–H groups in total. The number of nitrogens with zero attached hydrogens (tertiary/aromatic N) is 4. The molecule has 3 aromatic carbocycles. The molecule has 1 amide bonds. The first-order chi connectivity index (χ1) is 14.1. The van der Waals surface area contributed by atoms with E-state index in [2.05, 4.69) is 20.8 Å². The summed E-state index contributed by atoms with van der Waals surface area (Å²) in [7, 11) is 0. The number of carbonyl (C=O) groups excluding carboxylic acids is 1. The summed E-state index contributed by atoms with van der Waals surface area (Å²) in [6.07, 6.45) is 1.48. The number of nitrogens with one attached hydrogen (secondary N) is 1. The van der Waals surface area contributed by atoms with Crippen molar-refractivity contribution in [3.05, 3.63) is 95.6 Å². The molecule has 7 heteroatoms. The molecular weight excluding hydrogens is 369 g/mol. The standard InChI is InChI=1S/C22H18FN5O/c1-15-4-2-6-17(8-15)18-10-19(12-21(11-18)28-14-25-26-27-28)22(29)24-13-16-5-3-7-20(23)9-16/h2-12,14H,13H2,1H3,(H,24,29). The Bertz CT molecular complexity index is 1160. The molecule has 6 nitrogen and oxygen atoms in total. The fourth-order valence-corrected chi connectivity index (χ4v) is 3.08. The molecular formula is C22H18FN5O. The topological polar surface area (TPSA) is 72.7 Å². The number of aromatic nitrogens is 4. The summed E-state index contributed by atoms with van der Waals surface area (Å²) in [5.74, 6) is -0.600. The van der Waals surface area contributed by atoms with E-state index in [9.17, 15) is 9.18 Å². The lowest BCUT2D eigenvalue weighted by molar-refractivity contribution is 0.0951. The number of rotatable bonds is 5. The van der Waals surface area contributed by atoms with Crippen molar-refractivity contribution in [2.45, 2.75) is 13.5 Å². The number of hydrogen-bond acceptors (Lipinski definition) is 4. The summed E-state index contributed by atoms with van der Waals surface area (Å²) in [5, 5.41) is 14.1. The van der Waals surface area contributed by atoms with Gasteiger partial charge < -0.3 is 5.32 Å². The van der Waals surface area contributed by atoms with Gasteiger partial charge in [0.25, 0.3) is 5.91 Å². The Labute approximate surface area is 167 Å². The van der Waals surface area contributed by atoms with Crippen LogP contribution >= 0.6 is 0 Å². The minimum Gasteiger partial charge on any atom is -0.348 e. The number of tetrazole rings is 1. The maximum absolute atomic E-state index is 13.4. The lowest BCUT2D eigenvalue weighted by atomic mass is 10.00. The van der Waals surface area contributed by atoms with E-state index in [4.69, 9.17) is 0 Å². The quantitative estimate of drug-likeness (QED) is 0.567. The normalized spacial score (nSPS) is 10.7. The maximum Gasteiger partial charge on any atom is 0.251 e. The zero-order chi connectivity index (χ0) is 20.2. The third-order valence-electron chi connectivity index (χ3n) is 4.49. The van der Waals surface area contributed by atoms with Gasteiger partial charge in [0.2, 0.25) is 0 Å². The number of carbonyl (C=O) groups is 1. The third-order valence-corrected chi connectivity index (χ3v) is 4.49. The first kappa shape index (κ1) is 18.5. The van der Waals surface area contributed by atoms with Crippen LogP contribution in [0.3, 0.4) is 0 Å². The van der Waals surface area contributed by atoms with E-state index in [1.165, 1.54) is 23.1 Å². The summed E-state index contributed by atoms with van der Waals surface area (Å²) >= 11 is 0. The largest absolute Gasteiger partial charge is 0.348 e. The van der Waals surface area contributed by atoms with Crippen LogP contribution in [0.4, 0.5) is 4.39 Å². The van der Waals surface area contributed by atoms with Crippen LogP contribution in [0.5, 0.6) is 0 Å². The Kier molecular flexibility index (Phi) is 5.11. The van der Waals surface area contributed by atoms with Crippen LogP contribution in [0.15, 0.2) is 73.1 Å². The highest BCUT2D eigenvalue weighted by Crippen LogP contribution is 2.25. The van der Waals surface area contributed by atoms with Gasteiger partial charge in [-0.05, 0) is 64.4 Å². The van der Waals surface area contributed by atoms with Crippen LogP contribution in [0.1, 0.15) is 21.5 Å². The van der Waals surface area contributed by atoms with Crippen molar-refractivity contribution in [3.63, 3.8) is 0 Å². The van der Waals surface area contributed by atoms with Crippen molar-refractivity contribution in [1.29, 1.82) is 0 Å². The molecule has 1 heterocycles. The lowest BCUT2D eigenvalue weighted by Gasteiger charge is -2.11. The predicted molar refractivity (Wildman–Crippen MR) is 107 cm³/mol. The van der Waals surface area contributed by atoms with E-state index in [-0.39, 0.29) is 18.3 Å². The van der Waals surface area contributed by atoms with Gasteiger partial charge in [-0.15, -0.1) is 5.10 Å². The van der Waals surface area contributed by atoms with Crippen molar-refractivity contribution < 1.29 is 9.18 Å². The summed E-state index contributed by atoms with van der Waals surface area (Å²) in [4.78, 5) is 12.8. The highest BCUT2D eigenvalue weighted by atomic mass is 19.1. The summed E-state index contributed by atoms with van der Waals surface area (Å²) in [6, 6.07) is 19.6. The zero-order valence-electron chi connectivity index (χ0n) is 15.7. The molecule has 0 radical (unpaired) electrons. The van der Waals surface area contributed by atoms with E-state index in [0.29, 0.717) is 16.8 Å². The van der Waals surface area contributed by atoms with Crippen molar-refractivity contribution in [2.75, 3.05) is 0 Å². The molecule has 4 aromatic rings. The van der Waals surface area contributed by atoms with Crippen molar-refractivity contribution in [1.82, 2.24) is 25.5 Å². The van der Waals surface area contributed by atoms with Crippen molar-refractivity contribution in [2.24, 2.45) is 0 Å². The second kappa shape index (κ2) is 8.02. The smallest absolute Gasteiger partial charge is 0.251 e. The van der Waals surface area contributed by atoms with E-state index in [0.717, 1.165) is 16.7 Å². The van der Waals surface area contributed by atoms with E-state index in [1.807, 2.05) is 43.3 Å². The molecule has 0 aliphatic heterocycles. The number of amides is 1. The molecule has 0 aliphatic carbocycles. The van der Waals surface area contributed by atoms with E-state index >= 15 is 0 Å². The number of benzene rings is 3. The highest BCUT2D eigenvalue weighted by molar-refractivity contribution is 5.96. The number of halogens is 1. The highest BCUT2D eigenvalue weighted by Gasteiger charge is 2.12. The van der Waals surface area contributed by atoms with E-state index < -0.39 is 0 Å². The van der Waals surface area contributed by atoms with E-state index in [1.54, 1.807) is 18.2 Å². The molecule has 144 valence electrons. The minimum atomic E-state index is -0.334.